The number of amides is 4. The number of rotatable bonds is 14. The zero-order valence-electron chi connectivity index (χ0n) is 68.2. The van der Waals surface area contributed by atoms with Crippen molar-refractivity contribution in [2.45, 2.75) is 41.5 Å². The van der Waals surface area contributed by atoms with Crippen LogP contribution < -0.4 is 41.8 Å². The molecule has 121 heavy (non-hydrogen) atoms. The number of piperazine rings is 4. The third-order valence-electron chi connectivity index (χ3n) is 21.3. The Kier molecular flexibility index (Phi) is 29.9. The van der Waals surface area contributed by atoms with Crippen LogP contribution in [0.15, 0.2) is 134 Å². The highest BCUT2D eigenvalue weighted by Crippen LogP contribution is 2.38. The van der Waals surface area contributed by atoms with Crippen LogP contribution >= 0.6 is 81.2 Å². The van der Waals surface area contributed by atoms with Crippen molar-refractivity contribution in [3.63, 3.8) is 0 Å². The number of hydrogen-bond acceptors (Lipinski definition) is 20. The second-order valence-electron chi connectivity index (χ2n) is 28.6. The Morgan fingerprint density at radius 1 is 0.289 bits per heavy atom. The van der Waals surface area contributed by atoms with E-state index in [0.29, 0.717) is 217 Å². The maximum atomic E-state index is 13.2. The van der Waals surface area contributed by atoms with E-state index in [1.54, 1.807) is 191 Å². The summed E-state index contributed by atoms with van der Waals surface area (Å²) in [6.45, 7) is 18.0. The quantitative estimate of drug-likeness (QED) is 0.0722. The van der Waals surface area contributed by atoms with Crippen molar-refractivity contribution in [1.29, 1.82) is 0 Å². The second-order valence-corrected chi connectivity index (χ2v) is 31.6. The molecule has 0 N–H and O–H groups in total. The zero-order valence-corrected chi connectivity index (χ0v) is 73.4. The van der Waals surface area contributed by atoms with Gasteiger partial charge < -0.3 is 76.4 Å². The normalized spacial score (nSPS) is 14.2. The molecule has 0 bridgehead atoms. The molecule has 4 fully saturated rings. The lowest BCUT2D eigenvalue weighted by Gasteiger charge is -2.37. The van der Waals surface area contributed by atoms with E-state index in [-0.39, 0.29) is 72.3 Å². The highest BCUT2D eigenvalue weighted by Gasteiger charge is 2.36. The van der Waals surface area contributed by atoms with Gasteiger partial charge >= 0.3 is 23.9 Å². The molecule has 0 spiro atoms. The maximum absolute atomic E-state index is 13.2. The minimum Gasteiger partial charge on any atom is -0.462 e. The second kappa shape index (κ2) is 39.8. The number of anilines is 4. The molecular weight excluding hydrogens is 1710 g/mol. The number of nitrogens with zero attached hydrogens (tertiary/aromatic N) is 12. The van der Waals surface area contributed by atoms with Crippen LogP contribution in [-0.4, -0.2) is 217 Å². The summed E-state index contributed by atoms with van der Waals surface area (Å²) < 4.78 is 26.5. The predicted molar refractivity (Wildman–Crippen MR) is 474 cm³/mol. The van der Waals surface area contributed by atoms with Gasteiger partial charge in [-0.2, -0.15) is 0 Å². The van der Waals surface area contributed by atoms with E-state index in [1.807, 2.05) is 19.6 Å². The van der Waals surface area contributed by atoms with Crippen molar-refractivity contribution in [2.24, 2.45) is 28.2 Å². The van der Waals surface area contributed by atoms with Gasteiger partial charge in [0.15, 0.2) is 0 Å². The average molecular weight is 1790 g/mol. The molecule has 4 aliphatic heterocycles. The molecule has 4 aliphatic rings. The van der Waals surface area contributed by atoms with Crippen LogP contribution in [0.3, 0.4) is 0 Å². The summed E-state index contributed by atoms with van der Waals surface area (Å²) >= 11 is 42.9. The van der Waals surface area contributed by atoms with Crippen LogP contribution in [0.4, 0.5) is 22.7 Å². The lowest BCUT2D eigenvalue weighted by molar-refractivity contribution is -0.129. The number of halogens is 7. The van der Waals surface area contributed by atoms with Gasteiger partial charge in [0.05, 0.1) is 81.3 Å². The third kappa shape index (κ3) is 19.7. The van der Waals surface area contributed by atoms with Gasteiger partial charge in [0.25, 0.3) is 34.1 Å². The molecule has 638 valence electrons. The Morgan fingerprint density at radius 3 is 0.760 bits per heavy atom. The summed E-state index contributed by atoms with van der Waals surface area (Å²) in [7, 11) is 6.48. The fraction of sp³-hybridized carbons (Fsp3) is 0.349. The summed E-state index contributed by atoms with van der Waals surface area (Å²) in [5, 5.41) is 6.04. The van der Waals surface area contributed by atoms with Crippen molar-refractivity contribution in [3.05, 3.63) is 225 Å². The van der Waals surface area contributed by atoms with Crippen molar-refractivity contribution >= 4 is 195 Å². The van der Waals surface area contributed by atoms with Crippen molar-refractivity contribution in [3.8, 4) is 0 Å². The van der Waals surface area contributed by atoms with Crippen LogP contribution in [0.1, 0.15) is 104 Å². The first kappa shape index (κ1) is 90.9. The summed E-state index contributed by atoms with van der Waals surface area (Å²) in [5.74, 6) is -2.89. The highest BCUT2D eigenvalue weighted by atomic mass is 35.5. The zero-order chi connectivity index (χ0) is 87.7. The molecule has 4 saturated heterocycles. The summed E-state index contributed by atoms with van der Waals surface area (Å²) in [5.41, 5.74) is 3.94. The van der Waals surface area contributed by atoms with E-state index < -0.39 is 46.1 Å². The minimum absolute atomic E-state index is 0.00499. The lowest BCUT2D eigenvalue weighted by Crippen LogP contribution is -2.49. The van der Waals surface area contributed by atoms with Gasteiger partial charge in [-0.3, -0.25) is 38.4 Å². The predicted octanol–water partition coefficient (Wildman–Crippen LogP) is 12.7. The topological polar surface area (TPSA) is 287 Å². The average Bonchev–Trinajstić information content (AvgIpc) is 0.763. The van der Waals surface area contributed by atoms with Crippen molar-refractivity contribution in [2.75, 3.05) is 151 Å². The van der Waals surface area contributed by atoms with Gasteiger partial charge in [0.2, 0.25) is 11.8 Å². The molecule has 8 heterocycles. The van der Waals surface area contributed by atoms with Gasteiger partial charge in [0, 0.05) is 205 Å². The van der Waals surface area contributed by atoms with Crippen molar-refractivity contribution < 1.29 is 57.3 Å². The lowest BCUT2D eigenvalue weighted by atomic mass is 10.1. The Hall–Kier alpha value is -10.9. The Labute approximate surface area is 731 Å². The molecule has 35 heteroatoms. The van der Waals surface area contributed by atoms with E-state index in [9.17, 15) is 57.5 Å². The monoisotopic (exact) mass is 1790 g/mol. The molecule has 6 aromatic carbocycles. The number of esters is 4. The van der Waals surface area contributed by atoms with E-state index in [0.717, 1.165) is 0 Å². The Balaban J connectivity index is 0.000000158. The number of carbonyl (C=O) groups excluding carboxylic acids is 8. The van der Waals surface area contributed by atoms with Gasteiger partial charge in [-0.25, -0.2) is 19.2 Å². The standard InChI is InChI=1S/C24H22Cl3N3O4.C24H23Cl2N3O4.2C19H22ClN3O4/c1-3-34-24(33)20-21(16-13-15(25)5-7-19(16)28(2)23(20)32)29-8-10-30(11-9-29)22(31)14-4-6-17(26)18(27)12-14;1-3-33-24(32)20-21(18-14-17(26)8-9-19(18)27(2)23(20)31)28-10-12-29(13-11-28)22(30)15-4-6-16(25)7-5-15;2*1-4-27-19(26)16-17(23-9-7-22(8-10-23)12(2)24)14-11-13(20)5-6-15(14)21(3)18(16)25/h4-7,12-13H,3,8-11H2,1-2H3;4-9,14H,3,10-13H2,1-2H3;2*5-6,11H,4,7-10H2,1-3H3. The molecule has 0 radical (unpaired) electrons. The first-order valence-corrected chi connectivity index (χ1v) is 41.7. The molecule has 4 aromatic heterocycles. The first-order valence-electron chi connectivity index (χ1n) is 39.0. The number of pyridine rings is 4. The van der Waals surface area contributed by atoms with Gasteiger partial charge in [-0.05, 0) is 143 Å². The number of carbonyl (C=O) groups is 8. The maximum Gasteiger partial charge on any atom is 0.345 e. The molecular formula is C86H89Cl7N12O16. The highest BCUT2D eigenvalue weighted by molar-refractivity contribution is 6.42. The van der Waals surface area contributed by atoms with E-state index in [2.05, 4.69) is 0 Å². The van der Waals surface area contributed by atoms with Crippen LogP contribution in [-0.2, 0) is 56.7 Å². The minimum atomic E-state index is -0.686. The van der Waals surface area contributed by atoms with Crippen LogP contribution in [0.2, 0.25) is 35.2 Å². The Morgan fingerprint density at radius 2 is 0.521 bits per heavy atom. The Bertz CT molecular complexity index is 5830. The first-order chi connectivity index (χ1) is 57.7. The molecule has 14 rings (SSSR count). The van der Waals surface area contributed by atoms with Crippen molar-refractivity contribution in [1.82, 2.24) is 37.9 Å². The SMILES string of the molecule is CCOC(=O)c1c(N2CCN(C(=O)c3ccc(Cl)c(Cl)c3)CC2)c2cc(Cl)ccc2n(C)c1=O.CCOC(=O)c1c(N2CCN(C(=O)c3ccc(Cl)cc3)CC2)c2cc(Cl)ccc2n(C)c1=O.CCOC(=O)c1c(N2CCN(C(C)=O)CC2)c2cc(Cl)ccc2n(C)c1=O.CCOC(=O)c1c(N2CCN(C(C)=O)CC2)c2cc(Cl)ccc2n(C)c1=O. The fourth-order valence-electron chi connectivity index (χ4n) is 15.2. The van der Waals surface area contributed by atoms with E-state index in [4.69, 9.17) is 100 Å². The number of aryl methyl sites for hydroxylation is 4. The molecule has 4 amide bonds. The molecule has 0 unspecified atom stereocenters. The smallest absolute Gasteiger partial charge is 0.345 e. The third-order valence-corrected chi connectivity index (χ3v) is 23.3. The molecule has 28 nitrogen and oxygen atoms in total. The number of benzene rings is 6. The summed E-state index contributed by atoms with van der Waals surface area (Å²) in [6.07, 6.45) is 0. The van der Waals surface area contributed by atoms with Gasteiger partial charge in [-0.1, -0.05) is 81.2 Å². The number of ether oxygens (including phenoxy) is 4. The van der Waals surface area contributed by atoms with Gasteiger partial charge in [-0.15, -0.1) is 0 Å². The summed E-state index contributed by atoms with van der Waals surface area (Å²) in [6, 6.07) is 32.4. The molecule has 0 saturated carbocycles. The largest absolute Gasteiger partial charge is 0.462 e. The number of aromatic nitrogens is 4. The van der Waals surface area contributed by atoms with Crippen LogP contribution in [0.25, 0.3) is 43.6 Å². The van der Waals surface area contributed by atoms with Crippen LogP contribution in [0.5, 0.6) is 0 Å². The molecule has 0 atom stereocenters. The van der Waals surface area contributed by atoms with E-state index >= 15 is 0 Å². The number of hydrogen-bond donors (Lipinski definition) is 0. The molecule has 0 aliphatic carbocycles. The number of fused-ring (bicyclic) bond motifs is 4. The fourth-order valence-corrected chi connectivity index (χ4v) is 16.3. The van der Waals surface area contributed by atoms with Crippen LogP contribution in [0, 0.1) is 0 Å². The molecule has 10 aromatic rings. The van der Waals surface area contributed by atoms with E-state index in [1.165, 1.54) is 32.1 Å². The van der Waals surface area contributed by atoms with Gasteiger partial charge in [0.1, 0.15) is 22.3 Å². The summed E-state index contributed by atoms with van der Waals surface area (Å²) in [4.78, 5) is 167.